The molecule has 0 heterocycles. The topological polar surface area (TPSA) is 108 Å². The Morgan fingerprint density at radius 3 is 0.504 bits per heavy atom. The molecular formula is C111H138O10. The summed E-state index contributed by atoms with van der Waals surface area (Å²) in [6.07, 6.45) is 3.13. The van der Waals surface area contributed by atoms with Crippen molar-refractivity contribution in [1.82, 2.24) is 0 Å². The lowest BCUT2D eigenvalue weighted by molar-refractivity contribution is 0.0791. The van der Waals surface area contributed by atoms with E-state index in [0.29, 0.717) is 78.7 Å². The van der Waals surface area contributed by atoms with E-state index in [4.69, 9.17) is 37.9 Å². The van der Waals surface area contributed by atoms with Gasteiger partial charge in [-0.3, -0.25) is 9.59 Å². The highest BCUT2D eigenvalue weighted by atomic mass is 16.5. The smallest absolute Gasteiger partial charge is 0.174 e. The summed E-state index contributed by atoms with van der Waals surface area (Å²) >= 11 is 0. The van der Waals surface area contributed by atoms with Crippen LogP contribution in [0.1, 0.15) is 326 Å². The molecule has 0 N–H and O–H groups in total. The zero-order chi connectivity index (χ0) is 88.9. The quantitative estimate of drug-likeness (QED) is 0.0818. The van der Waals surface area contributed by atoms with E-state index in [1.54, 1.807) is 42.7 Å². The van der Waals surface area contributed by atoms with Crippen LogP contribution in [-0.4, -0.2) is 68.4 Å². The molecule has 0 saturated heterocycles. The average Bonchev–Trinajstić information content (AvgIpc) is 0.739. The van der Waals surface area contributed by atoms with Crippen molar-refractivity contribution in [1.29, 1.82) is 0 Å². The summed E-state index contributed by atoms with van der Waals surface area (Å²) in [6.45, 7) is 54.4. The Bertz CT molecular complexity index is 5140. The number of carbonyl (C=O) groups is 2. The normalized spacial score (nSPS) is 13.7. The van der Waals surface area contributed by atoms with E-state index < -0.39 is 22.7 Å². The number of ether oxygens (including phenoxy) is 8. The highest BCUT2D eigenvalue weighted by Gasteiger charge is 2.44. The van der Waals surface area contributed by atoms with Gasteiger partial charge in [0.25, 0.3) is 0 Å². The van der Waals surface area contributed by atoms with Gasteiger partial charge in [0, 0.05) is 73.1 Å². The number of methoxy groups -OCH3 is 8. The van der Waals surface area contributed by atoms with Crippen molar-refractivity contribution >= 4 is 11.6 Å². The first-order chi connectivity index (χ1) is 56.5. The molecule has 11 rings (SSSR count). The summed E-state index contributed by atoms with van der Waals surface area (Å²) in [5.41, 5.74) is 22.3. The van der Waals surface area contributed by atoms with E-state index in [1.165, 1.54) is 22.3 Å². The maximum atomic E-state index is 16.7. The summed E-state index contributed by atoms with van der Waals surface area (Å²) in [5, 5.41) is 0. The molecule has 1 aliphatic carbocycles. The lowest BCUT2D eigenvalue weighted by Gasteiger charge is -2.34. The molecule has 0 fully saturated rings. The number of hydrogen-bond donors (Lipinski definition) is 0. The van der Waals surface area contributed by atoms with Gasteiger partial charge in [0.05, 0.1) is 62.8 Å². The second kappa shape index (κ2) is 35.0. The fourth-order valence-electron chi connectivity index (χ4n) is 17.7. The maximum absolute atomic E-state index is 16.7. The fourth-order valence-corrected chi connectivity index (χ4v) is 17.7. The molecule has 121 heavy (non-hydrogen) atoms. The Morgan fingerprint density at radius 2 is 0.364 bits per heavy atom. The monoisotopic (exact) mass is 1630 g/mol. The zero-order valence-electron chi connectivity index (χ0n) is 79.2. The molecule has 642 valence electrons. The van der Waals surface area contributed by atoms with Gasteiger partial charge in [-0.25, -0.2) is 0 Å². The molecule has 10 heteroatoms. The Morgan fingerprint density at radius 1 is 0.223 bits per heavy atom. The molecule has 0 unspecified atom stereocenters. The van der Waals surface area contributed by atoms with E-state index in [2.05, 4.69) is 263 Å². The van der Waals surface area contributed by atoms with E-state index in [0.717, 1.165) is 135 Å². The van der Waals surface area contributed by atoms with E-state index in [9.17, 15) is 0 Å². The van der Waals surface area contributed by atoms with Crippen LogP contribution in [0, 0.1) is 5.92 Å². The molecular weight excluding hydrogens is 1490 g/mol. The van der Waals surface area contributed by atoms with Crippen molar-refractivity contribution in [2.24, 2.45) is 5.92 Å². The number of rotatable bonds is 13. The van der Waals surface area contributed by atoms with Crippen molar-refractivity contribution in [2.75, 3.05) is 56.9 Å². The molecule has 10 aromatic rings. The second-order valence-electron chi connectivity index (χ2n) is 42.1. The SMILES string of the molecule is COc1c2cc(C(C)(C)C)cc1Cc1cc(C(C)(C)C)cc(c1OC)Cc1cc(C(C)(C)C)cc(c1OC)Cc1cc(C(C)(C)C)cc(c1OC)C(C(C(=O)c1ccccc1)C(=O)c1ccccc1)c1cc(C(C)(C)C)cc(c1OC)Cc1cc(C(C)(C)C)cc(c1OC)Cc1cc(C(C)(C)C)cc(c1OC)Cc1cc(C(C)(C)C)cc(c1OC)C2. The molecule has 10 aromatic carbocycles. The summed E-state index contributed by atoms with van der Waals surface area (Å²) < 4.78 is 55.4. The van der Waals surface area contributed by atoms with Crippen molar-refractivity contribution in [2.45, 2.75) is 260 Å². The lowest BCUT2D eigenvalue weighted by Crippen LogP contribution is -2.33. The van der Waals surface area contributed by atoms with Gasteiger partial charge in [0.2, 0.25) is 0 Å². The molecule has 0 saturated carbocycles. The molecule has 0 amide bonds. The minimum absolute atomic E-state index is 0.254. The van der Waals surface area contributed by atoms with Gasteiger partial charge >= 0.3 is 0 Å². The molecule has 1 aliphatic rings. The van der Waals surface area contributed by atoms with Gasteiger partial charge in [0.1, 0.15) is 46.0 Å². The number of carbonyl (C=O) groups excluding carboxylic acids is 2. The zero-order valence-corrected chi connectivity index (χ0v) is 79.2. The van der Waals surface area contributed by atoms with Crippen molar-refractivity contribution < 1.29 is 47.5 Å². The van der Waals surface area contributed by atoms with Crippen LogP contribution in [0.5, 0.6) is 46.0 Å². The third kappa shape index (κ3) is 19.9. The van der Waals surface area contributed by atoms with Crippen molar-refractivity contribution in [3.8, 4) is 46.0 Å². The van der Waals surface area contributed by atoms with Crippen LogP contribution in [0.3, 0.4) is 0 Å². The third-order valence-electron chi connectivity index (χ3n) is 24.8. The van der Waals surface area contributed by atoms with Crippen LogP contribution in [0.2, 0.25) is 0 Å². The Kier molecular flexibility index (Phi) is 26.6. The minimum Gasteiger partial charge on any atom is -0.496 e. The van der Waals surface area contributed by atoms with Crippen molar-refractivity contribution in [3.05, 3.63) is 302 Å². The lowest BCUT2D eigenvalue weighted by atomic mass is 9.70. The number of benzene rings is 10. The predicted molar refractivity (Wildman–Crippen MR) is 500 cm³/mol. The molecule has 0 aliphatic heterocycles. The molecule has 16 bridgehead atoms. The van der Waals surface area contributed by atoms with Crippen LogP contribution in [0.25, 0.3) is 0 Å². The summed E-state index contributed by atoms with van der Waals surface area (Å²) in [4.78, 5) is 33.5. The Hall–Kier alpha value is -10.1. The fraction of sp³-hybridized carbons (Fsp3) is 0.441. The number of hydrogen-bond acceptors (Lipinski definition) is 10. The standard InChI is InChI=1S/C111H138O10/c1-104(2,3)82-50-68-43-69-51-83(105(4,5)6)53-71(97(69)115-26)45-73-55-85(107(10,11)12)57-75(99(73)117-28)47-77-59-87(109(16,17)18)61-79(101(77)119-30)49-81-63-89(111(22,23)24)65-91(103(81)121-32)92(93(94(112)66-39-35-33-36-40-66)95(113)67-41-37-34-38-42-67)90-64-88(110(19,20)21)62-80(102(90)120-31)48-78-60-86(108(13,14)15)58-76(100(78)118-29)46-74-56-84(106(7,8)9)54-72(98(74)116-27)44-70(52-82)96(68)114-25/h33-42,50-65,92-93H,43-49H2,1-32H3. The van der Waals surface area contributed by atoms with Gasteiger partial charge in [-0.05, 0) is 166 Å². The average molecular weight is 1630 g/mol. The van der Waals surface area contributed by atoms with Gasteiger partial charge in [0.15, 0.2) is 11.6 Å². The van der Waals surface area contributed by atoms with Gasteiger partial charge in [-0.2, -0.15) is 0 Å². The molecule has 0 atom stereocenters. The number of Topliss-reactive ketones (excluding diaryl/α,β-unsaturated/α-hetero) is 2. The highest BCUT2D eigenvalue weighted by Crippen LogP contribution is 2.53. The summed E-state index contributed by atoms with van der Waals surface area (Å²) in [5.74, 6) is 2.70. The van der Waals surface area contributed by atoms with Crippen LogP contribution in [0.4, 0.5) is 0 Å². The molecule has 10 nitrogen and oxygen atoms in total. The van der Waals surface area contributed by atoms with Crippen LogP contribution < -0.4 is 37.9 Å². The third-order valence-corrected chi connectivity index (χ3v) is 24.8. The first-order valence-electron chi connectivity index (χ1n) is 43.3. The van der Waals surface area contributed by atoms with Crippen LogP contribution in [-0.2, 0) is 88.3 Å². The van der Waals surface area contributed by atoms with Gasteiger partial charge in [-0.15, -0.1) is 0 Å². The van der Waals surface area contributed by atoms with E-state index >= 15 is 9.59 Å². The van der Waals surface area contributed by atoms with Crippen molar-refractivity contribution in [3.63, 3.8) is 0 Å². The van der Waals surface area contributed by atoms with Crippen LogP contribution >= 0.6 is 0 Å². The first kappa shape index (κ1) is 91.7. The number of ketones is 2. The Balaban J connectivity index is 1.32. The van der Waals surface area contributed by atoms with Crippen LogP contribution in [0.15, 0.2) is 158 Å². The minimum atomic E-state index is -1.37. The molecule has 0 radical (unpaired) electrons. The first-order valence-corrected chi connectivity index (χ1v) is 43.3. The van der Waals surface area contributed by atoms with E-state index in [-0.39, 0.29) is 44.1 Å². The van der Waals surface area contributed by atoms with Gasteiger partial charge in [-0.1, -0.05) is 324 Å². The number of fused-ring (bicyclic) bond motifs is 16. The van der Waals surface area contributed by atoms with E-state index in [1.807, 2.05) is 74.9 Å². The maximum Gasteiger partial charge on any atom is 0.174 e. The second-order valence-corrected chi connectivity index (χ2v) is 42.1. The molecule has 0 spiro atoms. The summed E-state index contributed by atoms with van der Waals surface area (Å²) in [6, 6.07) is 55.6. The Labute approximate surface area is 726 Å². The molecule has 0 aromatic heterocycles. The summed E-state index contributed by atoms with van der Waals surface area (Å²) in [7, 11) is 14.2. The predicted octanol–water partition coefficient (Wildman–Crippen LogP) is 26.1. The van der Waals surface area contributed by atoms with Gasteiger partial charge < -0.3 is 37.9 Å². The largest absolute Gasteiger partial charge is 0.496 e. The highest BCUT2D eigenvalue weighted by molar-refractivity contribution is 6.17.